The van der Waals surface area contributed by atoms with E-state index < -0.39 is 0 Å². The van der Waals surface area contributed by atoms with Crippen LogP contribution in [0.4, 0.5) is 0 Å². The Balaban J connectivity index is 1.64. The predicted molar refractivity (Wildman–Crippen MR) is 137 cm³/mol. The van der Waals surface area contributed by atoms with E-state index in [1.165, 1.54) is 6.42 Å². The van der Waals surface area contributed by atoms with Crippen LogP contribution < -0.4 is 11.1 Å². The molecule has 6 heteroatoms. The lowest BCUT2D eigenvalue weighted by atomic mass is 9.77. The summed E-state index contributed by atoms with van der Waals surface area (Å²) in [5, 5.41) is 4.24. The summed E-state index contributed by atoms with van der Waals surface area (Å²) < 4.78 is 0. The molecular formula is C28H36ClN3O2. The van der Waals surface area contributed by atoms with Crippen LogP contribution >= 0.6 is 11.6 Å². The van der Waals surface area contributed by atoms with Gasteiger partial charge in [0, 0.05) is 36.4 Å². The van der Waals surface area contributed by atoms with Gasteiger partial charge < -0.3 is 16.0 Å². The highest BCUT2D eigenvalue weighted by molar-refractivity contribution is 6.30. The van der Waals surface area contributed by atoms with Gasteiger partial charge in [-0.15, -0.1) is 0 Å². The highest BCUT2D eigenvalue weighted by Crippen LogP contribution is 2.35. The molecule has 1 saturated carbocycles. The summed E-state index contributed by atoms with van der Waals surface area (Å²) in [7, 11) is 0. The number of nitrogens with zero attached hydrogens (tertiary/aromatic N) is 1. The third kappa shape index (κ3) is 6.00. The lowest BCUT2D eigenvalue weighted by molar-refractivity contribution is -0.138. The van der Waals surface area contributed by atoms with E-state index >= 15 is 0 Å². The van der Waals surface area contributed by atoms with Gasteiger partial charge in [0.2, 0.25) is 11.8 Å². The number of primary amides is 1. The fourth-order valence-corrected chi connectivity index (χ4v) is 5.94. The summed E-state index contributed by atoms with van der Waals surface area (Å²) in [6, 6.07) is 18.2. The molecule has 1 aliphatic carbocycles. The van der Waals surface area contributed by atoms with E-state index in [1.54, 1.807) is 0 Å². The molecule has 2 aliphatic rings. The topological polar surface area (TPSA) is 75.4 Å². The van der Waals surface area contributed by atoms with Gasteiger partial charge in [-0.05, 0) is 55.0 Å². The number of halogens is 1. The van der Waals surface area contributed by atoms with Crippen molar-refractivity contribution in [3.63, 3.8) is 0 Å². The first kappa shape index (κ1) is 24.7. The van der Waals surface area contributed by atoms with Gasteiger partial charge >= 0.3 is 0 Å². The number of nitrogens with one attached hydrogen (secondary N) is 1. The standard InChI is InChI=1S/C28H36ClN3O2/c29-23-14-12-22(13-15-23)27(21-10-5-2-6-11-21)25-19-31-16-7-17-32(25)26(33)18-24(28(30)34)20-8-3-1-4-9-20/h2,5-6,10-15,20,24-25,27,31H,1,3-4,7-9,16-19H2,(H2,30,34). The van der Waals surface area contributed by atoms with Crippen molar-refractivity contribution in [2.75, 3.05) is 19.6 Å². The first-order chi connectivity index (χ1) is 16.5. The van der Waals surface area contributed by atoms with Gasteiger partial charge in [0.1, 0.15) is 0 Å². The first-order valence-corrected chi connectivity index (χ1v) is 13.0. The molecule has 3 unspecified atom stereocenters. The molecule has 0 spiro atoms. The fourth-order valence-electron chi connectivity index (χ4n) is 5.82. The van der Waals surface area contributed by atoms with Crippen molar-refractivity contribution in [2.24, 2.45) is 17.6 Å². The van der Waals surface area contributed by atoms with E-state index in [-0.39, 0.29) is 42.0 Å². The Morgan fingerprint density at radius 1 is 0.971 bits per heavy atom. The average molecular weight is 482 g/mol. The predicted octanol–water partition coefficient (Wildman–Crippen LogP) is 4.73. The van der Waals surface area contributed by atoms with Crippen LogP contribution in [0, 0.1) is 11.8 Å². The van der Waals surface area contributed by atoms with E-state index in [1.807, 2.05) is 35.2 Å². The Bertz CT molecular complexity index is 944. The molecule has 1 aliphatic heterocycles. The molecule has 2 fully saturated rings. The summed E-state index contributed by atoms with van der Waals surface area (Å²) in [6.45, 7) is 2.23. The van der Waals surface area contributed by atoms with Crippen LogP contribution in [0.3, 0.4) is 0 Å². The summed E-state index contributed by atoms with van der Waals surface area (Å²) in [4.78, 5) is 28.2. The molecule has 182 valence electrons. The van der Waals surface area contributed by atoms with Crippen molar-refractivity contribution in [3.8, 4) is 0 Å². The fraction of sp³-hybridized carbons (Fsp3) is 0.500. The van der Waals surface area contributed by atoms with Crippen molar-refractivity contribution in [1.82, 2.24) is 10.2 Å². The second kappa shape index (κ2) is 11.9. The van der Waals surface area contributed by atoms with E-state index in [2.05, 4.69) is 29.6 Å². The summed E-state index contributed by atoms with van der Waals surface area (Å²) in [5.74, 6) is -0.454. The van der Waals surface area contributed by atoms with Crippen molar-refractivity contribution in [3.05, 3.63) is 70.7 Å². The van der Waals surface area contributed by atoms with Crippen LogP contribution in [0.25, 0.3) is 0 Å². The van der Waals surface area contributed by atoms with Gasteiger partial charge in [0.25, 0.3) is 0 Å². The van der Waals surface area contributed by atoms with Gasteiger partial charge in [-0.1, -0.05) is 73.3 Å². The molecule has 5 nitrogen and oxygen atoms in total. The maximum Gasteiger partial charge on any atom is 0.223 e. The number of carbonyl (C=O) groups is 2. The zero-order valence-corrected chi connectivity index (χ0v) is 20.6. The zero-order chi connectivity index (χ0) is 23.9. The van der Waals surface area contributed by atoms with Gasteiger partial charge in [0.05, 0.1) is 6.04 Å². The summed E-state index contributed by atoms with van der Waals surface area (Å²) >= 11 is 6.19. The van der Waals surface area contributed by atoms with Crippen LogP contribution in [0.5, 0.6) is 0 Å². The molecule has 34 heavy (non-hydrogen) atoms. The summed E-state index contributed by atoms with van der Waals surface area (Å²) in [6.07, 6.45) is 6.51. The first-order valence-electron chi connectivity index (χ1n) is 12.6. The molecule has 2 aromatic rings. The lowest BCUT2D eigenvalue weighted by Gasteiger charge is -2.38. The van der Waals surface area contributed by atoms with Crippen molar-refractivity contribution < 1.29 is 9.59 Å². The number of nitrogens with two attached hydrogens (primary N) is 1. The Hall–Kier alpha value is -2.37. The monoisotopic (exact) mass is 481 g/mol. The Morgan fingerprint density at radius 3 is 2.32 bits per heavy atom. The summed E-state index contributed by atoms with van der Waals surface area (Å²) in [5.41, 5.74) is 8.12. The zero-order valence-electron chi connectivity index (χ0n) is 19.8. The molecule has 3 atom stereocenters. The van der Waals surface area contributed by atoms with E-state index in [4.69, 9.17) is 17.3 Å². The molecule has 0 radical (unpaired) electrons. The number of hydrogen-bond acceptors (Lipinski definition) is 3. The molecule has 4 rings (SSSR count). The Morgan fingerprint density at radius 2 is 1.65 bits per heavy atom. The van der Waals surface area contributed by atoms with Gasteiger partial charge in [-0.25, -0.2) is 0 Å². The van der Waals surface area contributed by atoms with Gasteiger partial charge in [-0.2, -0.15) is 0 Å². The lowest BCUT2D eigenvalue weighted by Crippen LogP contribution is -2.49. The third-order valence-corrected chi connectivity index (χ3v) is 7.83. The SMILES string of the molecule is NC(=O)C(CC(=O)N1CCCNCC1C(c1ccccc1)c1ccc(Cl)cc1)C1CCCCC1. The quantitative estimate of drug-likeness (QED) is 0.600. The highest BCUT2D eigenvalue weighted by atomic mass is 35.5. The van der Waals surface area contributed by atoms with Crippen LogP contribution in [-0.4, -0.2) is 42.4 Å². The van der Waals surface area contributed by atoms with Crippen molar-refractivity contribution >= 4 is 23.4 Å². The molecule has 0 aromatic heterocycles. The van der Waals surface area contributed by atoms with Crippen molar-refractivity contribution in [1.29, 1.82) is 0 Å². The molecule has 1 saturated heterocycles. The van der Waals surface area contributed by atoms with Gasteiger partial charge in [0.15, 0.2) is 0 Å². The molecular weight excluding hydrogens is 446 g/mol. The largest absolute Gasteiger partial charge is 0.369 e. The minimum absolute atomic E-state index is 0.00488. The minimum atomic E-state index is -0.379. The van der Waals surface area contributed by atoms with Gasteiger partial charge in [-0.3, -0.25) is 9.59 Å². The molecule has 1 heterocycles. The maximum absolute atomic E-state index is 13.8. The Kier molecular flexibility index (Phi) is 8.63. The van der Waals surface area contributed by atoms with E-state index in [0.717, 1.165) is 49.8 Å². The smallest absolute Gasteiger partial charge is 0.223 e. The molecule has 2 aromatic carbocycles. The molecule has 3 N–H and O–H groups in total. The number of hydrogen-bond donors (Lipinski definition) is 2. The number of benzene rings is 2. The van der Waals surface area contributed by atoms with E-state index in [0.29, 0.717) is 18.1 Å². The van der Waals surface area contributed by atoms with Crippen molar-refractivity contribution in [2.45, 2.75) is 56.9 Å². The minimum Gasteiger partial charge on any atom is -0.369 e. The number of rotatable bonds is 7. The third-order valence-electron chi connectivity index (χ3n) is 7.58. The number of carbonyl (C=O) groups excluding carboxylic acids is 2. The molecule has 0 bridgehead atoms. The Labute approximate surface area is 208 Å². The average Bonchev–Trinajstić information content (AvgIpc) is 3.11. The maximum atomic E-state index is 13.8. The second-order valence-electron chi connectivity index (χ2n) is 9.76. The van der Waals surface area contributed by atoms with Crippen LogP contribution in [0.1, 0.15) is 62.0 Å². The highest BCUT2D eigenvalue weighted by Gasteiger charge is 2.37. The van der Waals surface area contributed by atoms with Crippen LogP contribution in [-0.2, 0) is 9.59 Å². The molecule has 2 amide bonds. The normalized spacial score (nSPS) is 21.4. The van der Waals surface area contributed by atoms with E-state index in [9.17, 15) is 9.59 Å². The second-order valence-corrected chi connectivity index (χ2v) is 10.2. The number of amides is 2. The van der Waals surface area contributed by atoms with Crippen LogP contribution in [0.2, 0.25) is 5.02 Å². The van der Waals surface area contributed by atoms with Crippen LogP contribution in [0.15, 0.2) is 54.6 Å².